The van der Waals surface area contributed by atoms with Crippen molar-refractivity contribution in [2.24, 2.45) is 4.99 Å². The molecule has 0 bridgehead atoms. The van der Waals surface area contributed by atoms with Crippen molar-refractivity contribution in [3.05, 3.63) is 83.3 Å². The molecule has 7 nitrogen and oxygen atoms in total. The molecule has 1 amide bonds. The SMILES string of the molecule is CCc1ccccc1N=C(C)C(=O)c1ccc(Cc2nccnc2N2CC(=O)NC(C)C2)cc1. The Bertz CT molecular complexity index is 1220. The number of ketones is 1. The number of rotatable bonds is 7. The molecule has 1 aromatic heterocycles. The molecule has 2 heterocycles. The monoisotopic (exact) mass is 455 g/mol. The number of aryl methyl sites for hydroxylation is 1. The summed E-state index contributed by atoms with van der Waals surface area (Å²) in [6, 6.07) is 15.5. The number of carbonyl (C=O) groups is 2. The number of piperazine rings is 1. The summed E-state index contributed by atoms with van der Waals surface area (Å²) in [6.07, 6.45) is 4.73. The van der Waals surface area contributed by atoms with Gasteiger partial charge in [0.2, 0.25) is 11.7 Å². The summed E-state index contributed by atoms with van der Waals surface area (Å²) in [5, 5.41) is 2.93. The predicted octanol–water partition coefficient (Wildman–Crippen LogP) is 3.93. The van der Waals surface area contributed by atoms with Gasteiger partial charge in [-0.15, -0.1) is 0 Å². The Kier molecular flexibility index (Phi) is 7.11. The molecule has 1 saturated heterocycles. The van der Waals surface area contributed by atoms with Crippen LogP contribution in [0.5, 0.6) is 0 Å². The van der Waals surface area contributed by atoms with E-state index in [1.54, 1.807) is 19.3 Å². The van der Waals surface area contributed by atoms with Gasteiger partial charge < -0.3 is 10.2 Å². The number of carbonyl (C=O) groups excluding carboxylic acids is 2. The molecule has 1 N–H and O–H groups in total. The van der Waals surface area contributed by atoms with Gasteiger partial charge in [0.25, 0.3) is 0 Å². The predicted molar refractivity (Wildman–Crippen MR) is 134 cm³/mol. The Morgan fingerprint density at radius 2 is 1.85 bits per heavy atom. The molecule has 0 spiro atoms. The third kappa shape index (κ3) is 5.36. The van der Waals surface area contributed by atoms with Gasteiger partial charge in [0, 0.05) is 37.0 Å². The van der Waals surface area contributed by atoms with Crippen LogP contribution >= 0.6 is 0 Å². The van der Waals surface area contributed by atoms with E-state index in [-0.39, 0.29) is 24.3 Å². The summed E-state index contributed by atoms with van der Waals surface area (Å²) in [7, 11) is 0. The number of nitrogens with zero attached hydrogens (tertiary/aromatic N) is 4. The highest BCUT2D eigenvalue weighted by molar-refractivity contribution is 6.45. The fourth-order valence-electron chi connectivity index (χ4n) is 4.17. The average Bonchev–Trinajstić information content (AvgIpc) is 2.84. The van der Waals surface area contributed by atoms with E-state index in [4.69, 9.17) is 0 Å². The molecule has 3 aromatic rings. The first-order valence-corrected chi connectivity index (χ1v) is 11.6. The summed E-state index contributed by atoms with van der Waals surface area (Å²) in [5.74, 6) is 0.615. The first kappa shape index (κ1) is 23.3. The Labute approximate surface area is 200 Å². The second kappa shape index (κ2) is 10.4. The molecular formula is C27H29N5O2. The Hall–Kier alpha value is -3.87. The second-order valence-corrected chi connectivity index (χ2v) is 8.56. The minimum Gasteiger partial charge on any atom is -0.350 e. The lowest BCUT2D eigenvalue weighted by molar-refractivity contribution is -0.121. The zero-order valence-corrected chi connectivity index (χ0v) is 19.8. The van der Waals surface area contributed by atoms with Crippen LogP contribution in [0.2, 0.25) is 0 Å². The van der Waals surface area contributed by atoms with Gasteiger partial charge in [-0.3, -0.25) is 14.6 Å². The number of nitrogens with one attached hydrogen (secondary N) is 1. The minimum absolute atomic E-state index is 0.0168. The van der Waals surface area contributed by atoms with Crippen LogP contribution in [0.3, 0.4) is 0 Å². The van der Waals surface area contributed by atoms with Crippen molar-refractivity contribution in [2.45, 2.75) is 39.7 Å². The molecule has 174 valence electrons. The molecule has 7 heteroatoms. The first-order valence-electron chi connectivity index (χ1n) is 11.6. The van der Waals surface area contributed by atoms with Gasteiger partial charge in [0.1, 0.15) is 0 Å². The van der Waals surface area contributed by atoms with Gasteiger partial charge in [-0.2, -0.15) is 0 Å². The van der Waals surface area contributed by atoms with Crippen LogP contribution in [0.15, 0.2) is 65.9 Å². The van der Waals surface area contributed by atoms with E-state index in [0.717, 1.165) is 34.7 Å². The van der Waals surface area contributed by atoms with Crippen LogP contribution in [-0.2, 0) is 17.6 Å². The standard InChI is InChI=1S/C27H29N5O2/c1-4-21-7-5-6-8-23(21)31-19(3)26(34)22-11-9-20(10-12-22)15-24-27(29-14-13-28-24)32-16-18(2)30-25(33)17-32/h5-14,18H,4,15-17H2,1-3H3,(H,30,33). The zero-order valence-electron chi connectivity index (χ0n) is 19.8. The van der Waals surface area contributed by atoms with Gasteiger partial charge in [-0.05, 0) is 37.5 Å². The molecule has 0 aliphatic carbocycles. The normalized spacial score (nSPS) is 16.3. The van der Waals surface area contributed by atoms with Gasteiger partial charge in [0.15, 0.2) is 5.82 Å². The van der Waals surface area contributed by atoms with Crippen molar-refractivity contribution >= 4 is 28.9 Å². The number of aliphatic imine (C=N–C) groups is 1. The number of benzene rings is 2. The summed E-state index contributed by atoms with van der Waals surface area (Å²) >= 11 is 0. The number of amides is 1. The Balaban J connectivity index is 1.50. The van der Waals surface area contributed by atoms with Crippen LogP contribution < -0.4 is 10.2 Å². The van der Waals surface area contributed by atoms with Crippen LogP contribution in [0.25, 0.3) is 0 Å². The lowest BCUT2D eigenvalue weighted by atomic mass is 10.0. The maximum absolute atomic E-state index is 12.9. The number of para-hydroxylation sites is 1. The fourth-order valence-corrected chi connectivity index (χ4v) is 4.17. The molecule has 0 radical (unpaired) electrons. The van der Waals surface area contributed by atoms with Crippen LogP contribution in [-0.4, -0.2) is 46.5 Å². The lowest BCUT2D eigenvalue weighted by Crippen LogP contribution is -2.53. The highest BCUT2D eigenvalue weighted by atomic mass is 16.2. The third-order valence-electron chi connectivity index (χ3n) is 5.86. The van der Waals surface area contributed by atoms with Crippen LogP contribution in [0, 0.1) is 0 Å². The Morgan fingerprint density at radius 3 is 2.59 bits per heavy atom. The molecule has 34 heavy (non-hydrogen) atoms. The van der Waals surface area contributed by atoms with Crippen molar-refractivity contribution in [1.82, 2.24) is 15.3 Å². The summed E-state index contributed by atoms with van der Waals surface area (Å²) in [4.78, 5) is 40.5. The van der Waals surface area contributed by atoms with Crippen molar-refractivity contribution < 1.29 is 9.59 Å². The molecule has 4 rings (SSSR count). The largest absolute Gasteiger partial charge is 0.350 e. The average molecular weight is 456 g/mol. The van der Waals surface area contributed by atoms with E-state index in [2.05, 4.69) is 27.2 Å². The third-order valence-corrected chi connectivity index (χ3v) is 5.86. The molecular weight excluding hydrogens is 426 g/mol. The van der Waals surface area contributed by atoms with E-state index in [9.17, 15) is 9.59 Å². The molecule has 1 atom stereocenters. The van der Waals surface area contributed by atoms with Gasteiger partial charge in [-0.25, -0.2) is 9.98 Å². The number of aromatic nitrogens is 2. The summed E-state index contributed by atoms with van der Waals surface area (Å²) in [5.41, 5.74) is 4.83. The van der Waals surface area contributed by atoms with E-state index >= 15 is 0 Å². The van der Waals surface area contributed by atoms with Crippen LogP contribution in [0.4, 0.5) is 11.5 Å². The van der Waals surface area contributed by atoms with E-state index < -0.39 is 0 Å². The highest BCUT2D eigenvalue weighted by Gasteiger charge is 2.24. The van der Waals surface area contributed by atoms with Crippen molar-refractivity contribution in [3.8, 4) is 0 Å². The zero-order chi connectivity index (χ0) is 24.1. The van der Waals surface area contributed by atoms with Gasteiger partial charge in [0.05, 0.1) is 23.6 Å². The number of hydrogen-bond donors (Lipinski definition) is 1. The van der Waals surface area contributed by atoms with E-state index in [1.807, 2.05) is 60.4 Å². The summed E-state index contributed by atoms with van der Waals surface area (Å²) in [6.45, 7) is 6.76. The number of anilines is 1. The fraction of sp³-hybridized carbons (Fsp3) is 0.296. The topological polar surface area (TPSA) is 87.6 Å². The maximum atomic E-state index is 12.9. The number of Topliss-reactive ketones (excluding diaryl/α,β-unsaturated/α-hetero) is 1. The molecule has 2 aromatic carbocycles. The quantitative estimate of drug-likeness (QED) is 0.431. The van der Waals surface area contributed by atoms with Gasteiger partial charge in [-0.1, -0.05) is 49.4 Å². The summed E-state index contributed by atoms with van der Waals surface area (Å²) < 4.78 is 0. The maximum Gasteiger partial charge on any atom is 0.239 e. The molecule has 1 aliphatic heterocycles. The molecule has 0 saturated carbocycles. The van der Waals surface area contributed by atoms with Crippen molar-refractivity contribution in [3.63, 3.8) is 0 Å². The van der Waals surface area contributed by atoms with Gasteiger partial charge >= 0.3 is 0 Å². The molecule has 1 unspecified atom stereocenters. The smallest absolute Gasteiger partial charge is 0.239 e. The minimum atomic E-state index is -0.0917. The number of hydrogen-bond acceptors (Lipinski definition) is 6. The van der Waals surface area contributed by atoms with E-state index in [0.29, 0.717) is 24.2 Å². The van der Waals surface area contributed by atoms with Crippen LogP contribution in [0.1, 0.15) is 48.0 Å². The molecule has 1 fully saturated rings. The lowest BCUT2D eigenvalue weighted by Gasteiger charge is -2.32. The first-order chi connectivity index (χ1) is 16.4. The Morgan fingerprint density at radius 1 is 1.12 bits per heavy atom. The highest BCUT2D eigenvalue weighted by Crippen LogP contribution is 2.22. The van der Waals surface area contributed by atoms with Crippen molar-refractivity contribution in [1.29, 1.82) is 0 Å². The van der Waals surface area contributed by atoms with E-state index in [1.165, 1.54) is 0 Å². The second-order valence-electron chi connectivity index (χ2n) is 8.56. The van der Waals surface area contributed by atoms with Crippen molar-refractivity contribution in [2.75, 3.05) is 18.0 Å². The molecule has 1 aliphatic rings.